The Labute approximate surface area is 160 Å². The number of hydrogen-bond acceptors (Lipinski definition) is 7. The second-order valence-corrected chi connectivity index (χ2v) is 7.16. The summed E-state index contributed by atoms with van der Waals surface area (Å²) in [6.07, 6.45) is 3.51. The molecule has 10 heteroatoms. The Morgan fingerprint density at radius 3 is 2.81 bits per heavy atom. The molecule has 138 valence electrons. The minimum Gasteiger partial charge on any atom is -0.326 e. The number of aromatic nitrogens is 5. The summed E-state index contributed by atoms with van der Waals surface area (Å²) in [6, 6.07) is 9.61. The number of carbonyl (C=O) groups is 1. The van der Waals surface area contributed by atoms with Crippen LogP contribution in [0.5, 0.6) is 0 Å². The number of fused-ring (bicyclic) bond motifs is 1. The highest BCUT2D eigenvalue weighted by Gasteiger charge is 2.20. The average molecular weight is 382 g/mol. The van der Waals surface area contributed by atoms with Gasteiger partial charge >= 0.3 is 0 Å². The van der Waals surface area contributed by atoms with E-state index in [-0.39, 0.29) is 5.91 Å². The van der Waals surface area contributed by atoms with Gasteiger partial charge in [0.05, 0.1) is 12.7 Å². The Balaban J connectivity index is 1.52. The fourth-order valence-corrected chi connectivity index (χ4v) is 3.51. The van der Waals surface area contributed by atoms with Gasteiger partial charge in [-0.1, -0.05) is 0 Å². The number of carbonyl (C=O) groups excluding carboxylic acids is 1. The van der Waals surface area contributed by atoms with Crippen LogP contribution >= 0.6 is 11.9 Å². The van der Waals surface area contributed by atoms with Gasteiger partial charge in [-0.05, 0) is 43.1 Å². The Hall–Kier alpha value is -3.27. The summed E-state index contributed by atoms with van der Waals surface area (Å²) < 4.78 is 3.83. The van der Waals surface area contributed by atoms with Gasteiger partial charge in [-0.3, -0.25) is 9.89 Å². The summed E-state index contributed by atoms with van der Waals surface area (Å²) in [7, 11) is 0. The van der Waals surface area contributed by atoms with E-state index in [2.05, 4.69) is 35.2 Å². The van der Waals surface area contributed by atoms with Gasteiger partial charge in [-0.25, -0.2) is 4.98 Å². The number of rotatable bonds is 5. The molecule has 0 fully saturated rings. The van der Waals surface area contributed by atoms with Crippen molar-refractivity contribution in [2.45, 2.75) is 25.3 Å². The number of anilines is 2. The second-order valence-electron chi connectivity index (χ2n) is 6.04. The first kappa shape index (κ1) is 17.2. The lowest BCUT2D eigenvalue weighted by Crippen LogP contribution is -2.24. The summed E-state index contributed by atoms with van der Waals surface area (Å²) in [4.78, 5) is 16.5. The van der Waals surface area contributed by atoms with Crippen molar-refractivity contribution in [2.24, 2.45) is 0 Å². The van der Waals surface area contributed by atoms with E-state index in [9.17, 15) is 4.79 Å². The SMILES string of the molecule is CC(=O)Nc1ccc(SN2C=C(Nc3cc(C)[nH]n3)n3ncnc3C2)cc1. The zero-order valence-corrected chi connectivity index (χ0v) is 15.6. The zero-order valence-electron chi connectivity index (χ0n) is 14.8. The van der Waals surface area contributed by atoms with Crippen molar-refractivity contribution in [1.29, 1.82) is 0 Å². The van der Waals surface area contributed by atoms with Gasteiger partial charge in [0.2, 0.25) is 5.91 Å². The first-order valence-electron chi connectivity index (χ1n) is 8.29. The lowest BCUT2D eigenvalue weighted by atomic mass is 10.3. The van der Waals surface area contributed by atoms with E-state index in [4.69, 9.17) is 0 Å². The number of nitrogens with one attached hydrogen (secondary N) is 3. The van der Waals surface area contributed by atoms with Crippen LogP contribution in [-0.2, 0) is 11.3 Å². The van der Waals surface area contributed by atoms with Gasteiger partial charge in [-0.15, -0.1) is 0 Å². The lowest BCUT2D eigenvalue weighted by molar-refractivity contribution is -0.114. The second kappa shape index (κ2) is 7.16. The topological polar surface area (TPSA) is 104 Å². The van der Waals surface area contributed by atoms with Crippen molar-refractivity contribution >= 4 is 35.2 Å². The van der Waals surface area contributed by atoms with Crippen molar-refractivity contribution in [3.63, 3.8) is 0 Å². The molecule has 0 unspecified atom stereocenters. The van der Waals surface area contributed by atoms with Gasteiger partial charge in [0.15, 0.2) is 17.5 Å². The maximum atomic E-state index is 11.1. The van der Waals surface area contributed by atoms with E-state index in [1.54, 1.807) is 16.6 Å². The standard InChI is InChI=1S/C17H18N8OS/c1-11-7-15(23-22-11)21-17-9-24(8-16-18-10-19-25(16)17)27-14-5-3-13(4-6-14)20-12(2)26/h3-7,9-10H,8H2,1-2H3,(H,20,26)(H2,21,22,23). The number of benzene rings is 1. The summed E-state index contributed by atoms with van der Waals surface area (Å²) >= 11 is 1.57. The molecule has 0 spiro atoms. The largest absolute Gasteiger partial charge is 0.326 e. The molecule has 2 aromatic heterocycles. The van der Waals surface area contributed by atoms with Crippen molar-refractivity contribution in [2.75, 3.05) is 10.6 Å². The van der Waals surface area contributed by atoms with Crippen molar-refractivity contribution < 1.29 is 4.79 Å². The quantitative estimate of drug-likeness (QED) is 0.583. The smallest absolute Gasteiger partial charge is 0.221 e. The third-order valence-corrected chi connectivity index (χ3v) is 4.72. The molecule has 4 rings (SSSR count). The average Bonchev–Trinajstić information content (AvgIpc) is 3.25. The Bertz CT molecular complexity index is 991. The van der Waals surface area contributed by atoms with Crippen LogP contribution in [0.3, 0.4) is 0 Å². The molecule has 3 heterocycles. The number of aryl methyl sites for hydroxylation is 1. The van der Waals surface area contributed by atoms with Crippen LogP contribution in [0.2, 0.25) is 0 Å². The summed E-state index contributed by atoms with van der Waals surface area (Å²) in [6.45, 7) is 4.05. The summed E-state index contributed by atoms with van der Waals surface area (Å²) in [5.74, 6) is 2.22. The highest BCUT2D eigenvalue weighted by atomic mass is 32.2. The number of hydrogen-bond donors (Lipinski definition) is 3. The van der Waals surface area contributed by atoms with Gasteiger partial charge in [0.25, 0.3) is 0 Å². The van der Waals surface area contributed by atoms with Gasteiger partial charge in [0.1, 0.15) is 6.33 Å². The molecule has 3 N–H and O–H groups in total. The molecule has 1 aliphatic rings. The predicted molar refractivity (Wildman–Crippen MR) is 103 cm³/mol. The maximum absolute atomic E-state index is 11.1. The molecule has 9 nitrogen and oxygen atoms in total. The van der Waals surface area contributed by atoms with Crippen LogP contribution in [0.1, 0.15) is 18.4 Å². The van der Waals surface area contributed by atoms with Crippen molar-refractivity contribution in [3.05, 3.63) is 54.4 Å². The highest BCUT2D eigenvalue weighted by Crippen LogP contribution is 2.30. The Morgan fingerprint density at radius 1 is 1.30 bits per heavy atom. The third kappa shape index (κ3) is 3.95. The number of amides is 1. The Morgan fingerprint density at radius 2 is 2.11 bits per heavy atom. The highest BCUT2D eigenvalue weighted by molar-refractivity contribution is 7.97. The monoisotopic (exact) mass is 382 g/mol. The molecule has 27 heavy (non-hydrogen) atoms. The zero-order chi connectivity index (χ0) is 18.8. The van der Waals surface area contributed by atoms with Crippen molar-refractivity contribution in [3.8, 4) is 0 Å². The van der Waals surface area contributed by atoms with E-state index < -0.39 is 0 Å². The minimum atomic E-state index is -0.0852. The molecule has 1 aromatic carbocycles. The number of nitrogens with zero attached hydrogens (tertiary/aromatic N) is 5. The van der Waals surface area contributed by atoms with E-state index in [1.807, 2.05) is 43.5 Å². The van der Waals surface area contributed by atoms with E-state index in [0.717, 1.165) is 27.9 Å². The van der Waals surface area contributed by atoms with E-state index in [1.165, 1.54) is 13.3 Å². The lowest BCUT2D eigenvalue weighted by Gasteiger charge is -2.25. The van der Waals surface area contributed by atoms with Gasteiger partial charge < -0.3 is 14.9 Å². The van der Waals surface area contributed by atoms with Crippen LogP contribution in [0.25, 0.3) is 5.82 Å². The molecular weight excluding hydrogens is 364 g/mol. The molecule has 0 bridgehead atoms. The fraction of sp³-hybridized carbons (Fsp3) is 0.176. The molecule has 3 aromatic rings. The maximum Gasteiger partial charge on any atom is 0.221 e. The number of aromatic amines is 1. The Kier molecular flexibility index (Phi) is 4.55. The van der Waals surface area contributed by atoms with Crippen LogP contribution in [0.4, 0.5) is 11.5 Å². The summed E-state index contributed by atoms with van der Waals surface area (Å²) in [5, 5.41) is 17.4. The molecule has 1 amide bonds. The van der Waals surface area contributed by atoms with Crippen LogP contribution in [-0.4, -0.2) is 35.2 Å². The summed E-state index contributed by atoms with van der Waals surface area (Å²) in [5.41, 5.74) is 1.75. The molecule has 0 atom stereocenters. The van der Waals surface area contributed by atoms with Gasteiger partial charge in [0, 0.05) is 29.3 Å². The van der Waals surface area contributed by atoms with Crippen LogP contribution in [0, 0.1) is 6.92 Å². The molecular formula is C17H18N8OS. The molecule has 0 saturated carbocycles. The predicted octanol–water partition coefficient (Wildman–Crippen LogP) is 2.66. The molecule has 1 aliphatic heterocycles. The van der Waals surface area contributed by atoms with Crippen molar-refractivity contribution in [1.82, 2.24) is 29.3 Å². The third-order valence-electron chi connectivity index (χ3n) is 3.77. The first-order chi connectivity index (χ1) is 13.1. The first-order valence-corrected chi connectivity index (χ1v) is 9.06. The normalized spacial score (nSPS) is 13.1. The molecule has 0 saturated heterocycles. The fourth-order valence-electron chi connectivity index (χ4n) is 2.65. The van der Waals surface area contributed by atoms with Gasteiger partial charge in [-0.2, -0.15) is 14.9 Å². The van der Waals surface area contributed by atoms with Crippen LogP contribution in [0.15, 0.2) is 47.8 Å². The van der Waals surface area contributed by atoms with E-state index >= 15 is 0 Å². The van der Waals surface area contributed by atoms with Crippen LogP contribution < -0.4 is 10.6 Å². The molecule has 0 aliphatic carbocycles. The number of H-pyrrole nitrogens is 1. The van der Waals surface area contributed by atoms with E-state index in [0.29, 0.717) is 12.4 Å². The molecule has 0 radical (unpaired) electrons. The minimum absolute atomic E-state index is 0.0852.